The summed E-state index contributed by atoms with van der Waals surface area (Å²) in [7, 11) is 0. The predicted octanol–water partition coefficient (Wildman–Crippen LogP) is 5.66. The normalized spacial score (nSPS) is 10.8. The fourth-order valence-corrected chi connectivity index (χ4v) is 3.62. The van der Waals surface area contributed by atoms with Crippen LogP contribution in [0, 0.1) is 13.8 Å². The van der Waals surface area contributed by atoms with E-state index in [2.05, 4.69) is 5.32 Å². The lowest BCUT2D eigenvalue weighted by Crippen LogP contribution is -2.23. The van der Waals surface area contributed by atoms with Gasteiger partial charge in [-0.1, -0.05) is 55.5 Å². The first-order chi connectivity index (χ1) is 15.5. The van der Waals surface area contributed by atoms with Gasteiger partial charge in [0.15, 0.2) is 12.4 Å². The van der Waals surface area contributed by atoms with E-state index in [9.17, 15) is 9.59 Å². The Kier molecular flexibility index (Phi) is 6.08. The van der Waals surface area contributed by atoms with Gasteiger partial charge in [0.2, 0.25) is 11.2 Å². The molecule has 3 aromatic carbocycles. The lowest BCUT2D eigenvalue weighted by molar-refractivity contribution is -0.118. The zero-order chi connectivity index (χ0) is 22.7. The molecule has 0 spiro atoms. The standard InChI is InChI=1S/C27H25NO4/c1-4-19-10-8-9-13-22(19)28-24(29)16-31-27-25(30)21-14-17(2)18(3)15-23(21)32-26(27)20-11-6-5-7-12-20/h5-15H,4,16H2,1-3H3,(H,28,29). The van der Waals surface area contributed by atoms with Gasteiger partial charge in [-0.3, -0.25) is 9.59 Å². The van der Waals surface area contributed by atoms with E-state index in [4.69, 9.17) is 9.15 Å². The van der Waals surface area contributed by atoms with Gasteiger partial charge in [-0.15, -0.1) is 0 Å². The molecule has 0 aliphatic rings. The van der Waals surface area contributed by atoms with Crippen molar-refractivity contribution < 1.29 is 13.9 Å². The molecule has 5 heteroatoms. The molecule has 4 rings (SSSR count). The van der Waals surface area contributed by atoms with Gasteiger partial charge in [0, 0.05) is 11.3 Å². The quantitative estimate of drug-likeness (QED) is 0.431. The number of ether oxygens (including phenoxy) is 1. The summed E-state index contributed by atoms with van der Waals surface area (Å²) >= 11 is 0. The molecule has 0 aliphatic heterocycles. The summed E-state index contributed by atoms with van der Waals surface area (Å²) < 4.78 is 11.9. The minimum absolute atomic E-state index is 0.0332. The number of benzene rings is 3. The fraction of sp³-hybridized carbons (Fsp3) is 0.185. The van der Waals surface area contributed by atoms with E-state index in [0.29, 0.717) is 22.3 Å². The van der Waals surface area contributed by atoms with Crippen LogP contribution in [0.25, 0.3) is 22.3 Å². The van der Waals surface area contributed by atoms with Crippen LogP contribution >= 0.6 is 0 Å². The van der Waals surface area contributed by atoms with Crippen molar-refractivity contribution >= 4 is 22.6 Å². The van der Waals surface area contributed by atoms with E-state index in [-0.39, 0.29) is 23.7 Å². The van der Waals surface area contributed by atoms with Crippen molar-refractivity contribution in [1.82, 2.24) is 0 Å². The van der Waals surface area contributed by atoms with Crippen LogP contribution < -0.4 is 15.5 Å². The number of aryl methyl sites for hydroxylation is 3. The van der Waals surface area contributed by atoms with Crippen LogP contribution in [0.15, 0.2) is 75.9 Å². The third kappa shape index (κ3) is 4.28. The smallest absolute Gasteiger partial charge is 0.262 e. The number of carbonyl (C=O) groups is 1. The Labute approximate surface area is 186 Å². The van der Waals surface area contributed by atoms with Crippen molar-refractivity contribution in [2.24, 2.45) is 0 Å². The molecule has 0 atom stereocenters. The molecule has 0 bridgehead atoms. The van der Waals surface area contributed by atoms with E-state index >= 15 is 0 Å². The van der Waals surface area contributed by atoms with Crippen LogP contribution in [0.4, 0.5) is 5.69 Å². The zero-order valence-electron chi connectivity index (χ0n) is 18.4. The monoisotopic (exact) mass is 427 g/mol. The van der Waals surface area contributed by atoms with Crippen molar-refractivity contribution in [1.29, 1.82) is 0 Å². The number of carbonyl (C=O) groups excluding carboxylic acids is 1. The van der Waals surface area contributed by atoms with Crippen molar-refractivity contribution in [2.75, 3.05) is 11.9 Å². The third-order valence-electron chi connectivity index (χ3n) is 5.52. The van der Waals surface area contributed by atoms with Gasteiger partial charge in [-0.25, -0.2) is 0 Å². The second-order valence-electron chi connectivity index (χ2n) is 7.74. The summed E-state index contributed by atoms with van der Waals surface area (Å²) in [5, 5.41) is 3.30. The first-order valence-corrected chi connectivity index (χ1v) is 10.6. The Morgan fingerprint density at radius 2 is 1.66 bits per heavy atom. The first-order valence-electron chi connectivity index (χ1n) is 10.6. The largest absolute Gasteiger partial charge is 0.476 e. The molecule has 0 saturated heterocycles. The maximum Gasteiger partial charge on any atom is 0.262 e. The summed E-state index contributed by atoms with van der Waals surface area (Å²) in [5.41, 5.74) is 4.68. The summed E-state index contributed by atoms with van der Waals surface area (Å²) in [4.78, 5) is 25.9. The summed E-state index contributed by atoms with van der Waals surface area (Å²) in [6.07, 6.45) is 0.794. The Hall–Kier alpha value is -3.86. The molecule has 4 aromatic rings. The molecular weight excluding hydrogens is 402 g/mol. The van der Waals surface area contributed by atoms with Crippen molar-refractivity contribution in [3.63, 3.8) is 0 Å². The van der Waals surface area contributed by atoms with Crippen molar-refractivity contribution in [3.05, 3.63) is 93.6 Å². The lowest BCUT2D eigenvalue weighted by atomic mass is 10.0. The highest BCUT2D eigenvalue weighted by Crippen LogP contribution is 2.31. The van der Waals surface area contributed by atoms with Gasteiger partial charge in [-0.05, 0) is 55.2 Å². The van der Waals surface area contributed by atoms with Crippen molar-refractivity contribution in [2.45, 2.75) is 27.2 Å². The molecule has 1 amide bonds. The second kappa shape index (κ2) is 9.10. The molecule has 0 aliphatic carbocycles. The number of hydrogen-bond acceptors (Lipinski definition) is 4. The zero-order valence-corrected chi connectivity index (χ0v) is 18.4. The van der Waals surface area contributed by atoms with Crippen LogP contribution in [-0.4, -0.2) is 12.5 Å². The van der Waals surface area contributed by atoms with E-state index in [1.54, 1.807) is 6.07 Å². The van der Waals surface area contributed by atoms with Gasteiger partial charge in [0.1, 0.15) is 5.58 Å². The molecule has 0 radical (unpaired) electrons. The number of rotatable bonds is 6. The molecule has 1 aromatic heterocycles. The highest BCUT2D eigenvalue weighted by atomic mass is 16.5. The van der Waals surface area contributed by atoms with Crippen molar-refractivity contribution in [3.8, 4) is 17.1 Å². The Balaban J connectivity index is 1.70. The second-order valence-corrected chi connectivity index (χ2v) is 7.74. The summed E-state index contributed by atoms with van der Waals surface area (Å²) in [5.74, 6) is 0.00323. The molecule has 0 unspecified atom stereocenters. The third-order valence-corrected chi connectivity index (χ3v) is 5.52. The van der Waals surface area contributed by atoms with Gasteiger partial charge in [-0.2, -0.15) is 0 Å². The minimum atomic E-state index is -0.343. The summed E-state index contributed by atoms with van der Waals surface area (Å²) in [6.45, 7) is 5.63. The molecule has 0 fully saturated rings. The Morgan fingerprint density at radius 1 is 0.969 bits per heavy atom. The predicted molar refractivity (Wildman–Crippen MR) is 127 cm³/mol. The molecule has 162 valence electrons. The average Bonchev–Trinajstić information content (AvgIpc) is 2.80. The number of nitrogens with one attached hydrogen (secondary N) is 1. The van der Waals surface area contributed by atoms with E-state index in [0.717, 1.165) is 28.8 Å². The number of fused-ring (bicyclic) bond motifs is 1. The van der Waals surface area contributed by atoms with E-state index in [1.807, 2.05) is 81.4 Å². The number of para-hydroxylation sites is 1. The highest BCUT2D eigenvalue weighted by molar-refractivity contribution is 5.93. The topological polar surface area (TPSA) is 68.5 Å². The molecule has 0 saturated carbocycles. The van der Waals surface area contributed by atoms with Crippen LogP contribution in [0.2, 0.25) is 0 Å². The minimum Gasteiger partial charge on any atom is -0.476 e. The van der Waals surface area contributed by atoms with E-state index in [1.165, 1.54) is 0 Å². The maximum atomic E-state index is 13.3. The average molecular weight is 428 g/mol. The highest BCUT2D eigenvalue weighted by Gasteiger charge is 2.19. The van der Waals surface area contributed by atoms with Gasteiger partial charge in [0.05, 0.1) is 5.39 Å². The van der Waals surface area contributed by atoms with Gasteiger partial charge >= 0.3 is 0 Å². The van der Waals surface area contributed by atoms with Crippen LogP contribution in [0.1, 0.15) is 23.6 Å². The number of hydrogen-bond donors (Lipinski definition) is 1. The van der Waals surface area contributed by atoms with Gasteiger partial charge in [0.25, 0.3) is 5.91 Å². The van der Waals surface area contributed by atoms with Gasteiger partial charge < -0.3 is 14.5 Å². The Bertz CT molecular complexity index is 1340. The SMILES string of the molecule is CCc1ccccc1NC(=O)COc1c(-c2ccccc2)oc2cc(C)c(C)cc2c1=O. The van der Waals surface area contributed by atoms with Crippen LogP contribution in [-0.2, 0) is 11.2 Å². The Morgan fingerprint density at radius 3 is 2.41 bits per heavy atom. The molecule has 1 heterocycles. The number of amides is 1. The fourth-order valence-electron chi connectivity index (χ4n) is 3.62. The molecular formula is C27H25NO4. The molecule has 1 N–H and O–H groups in total. The van der Waals surface area contributed by atoms with E-state index < -0.39 is 0 Å². The first kappa shape index (κ1) is 21.4. The number of anilines is 1. The molecule has 5 nitrogen and oxygen atoms in total. The lowest BCUT2D eigenvalue weighted by Gasteiger charge is -2.13. The maximum absolute atomic E-state index is 13.3. The summed E-state index contributed by atoms with van der Waals surface area (Å²) in [6, 6.07) is 20.6. The van der Waals surface area contributed by atoms with Crippen LogP contribution in [0.5, 0.6) is 5.75 Å². The van der Waals surface area contributed by atoms with Crippen LogP contribution in [0.3, 0.4) is 0 Å². The molecule has 32 heavy (non-hydrogen) atoms.